The number of aromatic nitrogens is 1. The van der Waals surface area contributed by atoms with Gasteiger partial charge in [-0.1, -0.05) is 12.5 Å². The lowest BCUT2D eigenvalue weighted by Gasteiger charge is -2.27. The highest BCUT2D eigenvalue weighted by molar-refractivity contribution is 5.22. The lowest BCUT2D eigenvalue weighted by Crippen LogP contribution is -2.23. The van der Waals surface area contributed by atoms with Gasteiger partial charge in [-0.15, -0.1) is 0 Å². The standard InChI is InChI=1S/C16H24N2/c1-11-15(4-3-7-18-11)16(17-2)10-14-9-12-5-6-13(14)8-12/h3-4,7,12-14,16-17H,5-6,8-10H2,1-2H3. The number of nitrogens with zero attached hydrogens (tertiary/aromatic N) is 1. The minimum atomic E-state index is 0.489. The molecule has 0 saturated heterocycles. The van der Waals surface area contributed by atoms with Crippen molar-refractivity contribution in [3.63, 3.8) is 0 Å². The first-order chi connectivity index (χ1) is 8.78. The Bertz CT molecular complexity index is 415. The van der Waals surface area contributed by atoms with E-state index in [2.05, 4.69) is 36.4 Å². The molecule has 0 aliphatic heterocycles. The molecule has 4 unspecified atom stereocenters. The Morgan fingerprint density at radius 1 is 1.39 bits per heavy atom. The van der Waals surface area contributed by atoms with Gasteiger partial charge in [0.15, 0.2) is 0 Å². The average molecular weight is 244 g/mol. The van der Waals surface area contributed by atoms with E-state index in [0.717, 1.165) is 17.8 Å². The zero-order valence-electron chi connectivity index (χ0n) is 11.5. The van der Waals surface area contributed by atoms with Crippen LogP contribution in [0.15, 0.2) is 18.3 Å². The zero-order chi connectivity index (χ0) is 12.5. The molecule has 0 amide bonds. The third kappa shape index (κ3) is 2.18. The predicted octanol–water partition coefficient (Wildman–Crippen LogP) is 3.48. The second-order valence-electron chi connectivity index (χ2n) is 6.19. The van der Waals surface area contributed by atoms with Gasteiger partial charge in [0.1, 0.15) is 0 Å². The van der Waals surface area contributed by atoms with Crippen molar-refractivity contribution in [3.8, 4) is 0 Å². The van der Waals surface area contributed by atoms with E-state index in [1.54, 1.807) is 0 Å². The molecule has 18 heavy (non-hydrogen) atoms. The third-order valence-electron chi connectivity index (χ3n) is 5.19. The molecule has 2 fully saturated rings. The minimum Gasteiger partial charge on any atom is -0.313 e. The number of hydrogen-bond donors (Lipinski definition) is 1. The molecule has 98 valence electrons. The van der Waals surface area contributed by atoms with Crippen molar-refractivity contribution in [1.29, 1.82) is 0 Å². The number of fused-ring (bicyclic) bond motifs is 2. The van der Waals surface area contributed by atoms with Crippen molar-refractivity contribution in [2.24, 2.45) is 17.8 Å². The van der Waals surface area contributed by atoms with Crippen LogP contribution in [0.25, 0.3) is 0 Å². The molecule has 1 heterocycles. The van der Waals surface area contributed by atoms with Gasteiger partial charge in [-0.3, -0.25) is 4.98 Å². The van der Waals surface area contributed by atoms with Crippen molar-refractivity contribution in [3.05, 3.63) is 29.6 Å². The van der Waals surface area contributed by atoms with Crippen LogP contribution in [-0.2, 0) is 0 Å². The highest BCUT2D eigenvalue weighted by Crippen LogP contribution is 2.50. The van der Waals surface area contributed by atoms with E-state index < -0.39 is 0 Å². The van der Waals surface area contributed by atoms with Gasteiger partial charge in [0, 0.05) is 17.9 Å². The van der Waals surface area contributed by atoms with Gasteiger partial charge in [0.2, 0.25) is 0 Å². The summed E-state index contributed by atoms with van der Waals surface area (Å²) in [5.41, 5.74) is 2.57. The van der Waals surface area contributed by atoms with Crippen LogP contribution >= 0.6 is 0 Å². The molecule has 2 aliphatic carbocycles. The second-order valence-corrected chi connectivity index (χ2v) is 6.19. The summed E-state index contributed by atoms with van der Waals surface area (Å²) in [5.74, 6) is 3.01. The lowest BCUT2D eigenvalue weighted by atomic mass is 9.82. The first-order valence-electron chi connectivity index (χ1n) is 7.36. The van der Waals surface area contributed by atoms with Gasteiger partial charge in [0.25, 0.3) is 0 Å². The van der Waals surface area contributed by atoms with Crippen LogP contribution in [0.2, 0.25) is 0 Å². The molecule has 0 spiro atoms. The quantitative estimate of drug-likeness (QED) is 0.877. The van der Waals surface area contributed by atoms with E-state index in [-0.39, 0.29) is 0 Å². The minimum absolute atomic E-state index is 0.489. The molecule has 1 N–H and O–H groups in total. The van der Waals surface area contributed by atoms with Crippen LogP contribution in [0.3, 0.4) is 0 Å². The molecule has 1 aromatic heterocycles. The van der Waals surface area contributed by atoms with Gasteiger partial charge in [0.05, 0.1) is 0 Å². The summed E-state index contributed by atoms with van der Waals surface area (Å²) in [4.78, 5) is 4.43. The highest BCUT2D eigenvalue weighted by Gasteiger charge is 2.40. The first kappa shape index (κ1) is 12.2. The maximum absolute atomic E-state index is 4.43. The van der Waals surface area contributed by atoms with Crippen molar-refractivity contribution in [2.75, 3.05) is 7.05 Å². The van der Waals surface area contributed by atoms with Gasteiger partial charge in [-0.05, 0) is 69.0 Å². The summed E-state index contributed by atoms with van der Waals surface area (Å²) >= 11 is 0. The maximum atomic E-state index is 4.43. The van der Waals surface area contributed by atoms with Crippen LogP contribution in [0.5, 0.6) is 0 Å². The topological polar surface area (TPSA) is 24.9 Å². The monoisotopic (exact) mass is 244 g/mol. The Kier molecular flexibility index (Phi) is 3.38. The van der Waals surface area contributed by atoms with Crippen LogP contribution in [-0.4, -0.2) is 12.0 Å². The SMILES string of the molecule is CNC(CC1CC2CCC1C2)c1cccnc1C. The average Bonchev–Trinajstić information content (AvgIpc) is 2.99. The fourth-order valence-electron chi connectivity index (χ4n) is 4.23. The van der Waals surface area contributed by atoms with Crippen molar-refractivity contribution in [2.45, 2.75) is 45.1 Å². The Balaban J connectivity index is 1.72. The van der Waals surface area contributed by atoms with Gasteiger partial charge in [-0.2, -0.15) is 0 Å². The van der Waals surface area contributed by atoms with E-state index in [1.165, 1.54) is 43.4 Å². The largest absolute Gasteiger partial charge is 0.313 e. The second kappa shape index (κ2) is 5.00. The molecule has 0 aromatic carbocycles. The van der Waals surface area contributed by atoms with E-state index >= 15 is 0 Å². The number of nitrogens with one attached hydrogen (secondary N) is 1. The molecule has 1 aromatic rings. The zero-order valence-corrected chi connectivity index (χ0v) is 11.5. The number of hydrogen-bond acceptors (Lipinski definition) is 2. The van der Waals surface area contributed by atoms with E-state index in [9.17, 15) is 0 Å². The summed E-state index contributed by atoms with van der Waals surface area (Å²) < 4.78 is 0. The first-order valence-corrected chi connectivity index (χ1v) is 7.36. The molecule has 4 atom stereocenters. The smallest absolute Gasteiger partial charge is 0.0420 e. The fourth-order valence-corrected chi connectivity index (χ4v) is 4.23. The Hall–Kier alpha value is -0.890. The summed E-state index contributed by atoms with van der Waals surface area (Å²) in [6.45, 7) is 2.13. The van der Waals surface area contributed by atoms with E-state index in [1.807, 2.05) is 6.20 Å². The summed E-state index contributed by atoms with van der Waals surface area (Å²) in [6.07, 6.45) is 9.15. The molecule has 2 aliphatic rings. The molecule has 2 saturated carbocycles. The number of rotatable bonds is 4. The Labute approximate surface area is 110 Å². The normalized spacial score (nSPS) is 31.8. The molecule has 2 nitrogen and oxygen atoms in total. The molecule has 2 bridgehead atoms. The molecule has 0 radical (unpaired) electrons. The van der Waals surface area contributed by atoms with Crippen LogP contribution < -0.4 is 5.32 Å². The van der Waals surface area contributed by atoms with E-state index in [0.29, 0.717) is 6.04 Å². The predicted molar refractivity (Wildman–Crippen MR) is 74.3 cm³/mol. The van der Waals surface area contributed by atoms with Crippen LogP contribution in [0, 0.1) is 24.7 Å². The van der Waals surface area contributed by atoms with Crippen molar-refractivity contribution >= 4 is 0 Å². The van der Waals surface area contributed by atoms with Crippen molar-refractivity contribution in [1.82, 2.24) is 10.3 Å². The van der Waals surface area contributed by atoms with Gasteiger partial charge >= 0.3 is 0 Å². The maximum Gasteiger partial charge on any atom is 0.0420 e. The lowest BCUT2D eigenvalue weighted by molar-refractivity contribution is 0.283. The molecular weight excluding hydrogens is 220 g/mol. The summed E-state index contributed by atoms with van der Waals surface area (Å²) in [5, 5.41) is 3.51. The highest BCUT2D eigenvalue weighted by atomic mass is 14.9. The number of pyridine rings is 1. The van der Waals surface area contributed by atoms with Gasteiger partial charge in [-0.25, -0.2) is 0 Å². The molecule has 3 rings (SSSR count). The summed E-state index contributed by atoms with van der Waals surface area (Å²) in [6, 6.07) is 4.78. The van der Waals surface area contributed by atoms with E-state index in [4.69, 9.17) is 0 Å². The Morgan fingerprint density at radius 3 is 2.89 bits per heavy atom. The fraction of sp³-hybridized carbons (Fsp3) is 0.688. The Morgan fingerprint density at radius 2 is 2.28 bits per heavy atom. The number of aryl methyl sites for hydroxylation is 1. The van der Waals surface area contributed by atoms with Crippen LogP contribution in [0.1, 0.15) is 49.4 Å². The van der Waals surface area contributed by atoms with Crippen molar-refractivity contribution < 1.29 is 0 Å². The third-order valence-corrected chi connectivity index (χ3v) is 5.19. The molecular formula is C16H24N2. The van der Waals surface area contributed by atoms with Gasteiger partial charge < -0.3 is 5.32 Å². The summed E-state index contributed by atoms with van der Waals surface area (Å²) in [7, 11) is 2.09. The van der Waals surface area contributed by atoms with Crippen LogP contribution in [0.4, 0.5) is 0 Å². The molecule has 2 heteroatoms.